The summed E-state index contributed by atoms with van der Waals surface area (Å²) in [5.41, 5.74) is -0.383. The zero-order valence-corrected chi connectivity index (χ0v) is 22.5. The van der Waals surface area contributed by atoms with Crippen molar-refractivity contribution in [1.82, 2.24) is 10.2 Å². The van der Waals surface area contributed by atoms with Gasteiger partial charge in [-0.25, -0.2) is 17.2 Å². The lowest BCUT2D eigenvalue weighted by molar-refractivity contribution is -0.140. The van der Waals surface area contributed by atoms with Crippen LogP contribution in [0.2, 0.25) is 0 Å². The van der Waals surface area contributed by atoms with Crippen LogP contribution >= 0.6 is 0 Å². The summed E-state index contributed by atoms with van der Waals surface area (Å²) in [5, 5.41) is 2.80. The minimum atomic E-state index is -4.26. The summed E-state index contributed by atoms with van der Waals surface area (Å²) in [7, 11) is -4.26. The number of nitrogens with one attached hydrogen (secondary N) is 1. The molecule has 0 bridgehead atoms. The second-order valence-corrected chi connectivity index (χ2v) is 11.7. The standard InChI is InChI=1S/C28H31F2N3O4S/c1-20(27(35)31-28(2,3)4)32(18-21-10-8-9-13-25(21)30)26(34)19-33(23-16-14-22(29)15-17-23)38(36,37)24-11-6-5-7-12-24/h5-17,20H,18-19H2,1-4H3,(H,31,35)/t20-/m1/s1. The van der Waals surface area contributed by atoms with E-state index in [1.165, 1.54) is 49.4 Å². The van der Waals surface area contributed by atoms with Gasteiger partial charge in [-0.05, 0) is 70.2 Å². The summed E-state index contributed by atoms with van der Waals surface area (Å²) >= 11 is 0. The second-order valence-electron chi connectivity index (χ2n) is 9.83. The number of sulfonamides is 1. The Kier molecular flexibility index (Phi) is 8.88. The third kappa shape index (κ3) is 7.16. The molecule has 3 aromatic carbocycles. The molecule has 202 valence electrons. The Morgan fingerprint density at radius 1 is 0.895 bits per heavy atom. The lowest BCUT2D eigenvalue weighted by atomic mass is 10.1. The fraction of sp³-hybridized carbons (Fsp3) is 0.286. The topological polar surface area (TPSA) is 86.8 Å². The van der Waals surface area contributed by atoms with Gasteiger partial charge in [0.25, 0.3) is 10.0 Å². The van der Waals surface area contributed by atoms with Crippen molar-refractivity contribution in [2.75, 3.05) is 10.8 Å². The van der Waals surface area contributed by atoms with Crippen LogP contribution in [0.25, 0.3) is 0 Å². The second kappa shape index (κ2) is 11.7. The smallest absolute Gasteiger partial charge is 0.264 e. The van der Waals surface area contributed by atoms with E-state index in [1.807, 2.05) is 0 Å². The molecule has 0 aliphatic rings. The first-order valence-electron chi connectivity index (χ1n) is 12.0. The highest BCUT2D eigenvalue weighted by Crippen LogP contribution is 2.25. The van der Waals surface area contributed by atoms with Crippen molar-refractivity contribution in [3.8, 4) is 0 Å². The number of carbonyl (C=O) groups is 2. The van der Waals surface area contributed by atoms with Crippen LogP contribution in [-0.4, -0.2) is 43.3 Å². The molecule has 10 heteroatoms. The monoisotopic (exact) mass is 543 g/mol. The fourth-order valence-electron chi connectivity index (χ4n) is 3.72. The summed E-state index contributed by atoms with van der Waals surface area (Å²) in [6, 6.07) is 16.9. The van der Waals surface area contributed by atoms with Crippen LogP contribution in [0.4, 0.5) is 14.5 Å². The van der Waals surface area contributed by atoms with Crippen LogP contribution in [0.3, 0.4) is 0 Å². The summed E-state index contributed by atoms with van der Waals surface area (Å²) in [6.45, 7) is 5.86. The largest absolute Gasteiger partial charge is 0.350 e. The first-order valence-corrected chi connectivity index (χ1v) is 13.4. The van der Waals surface area contributed by atoms with Crippen LogP contribution in [0.5, 0.6) is 0 Å². The van der Waals surface area contributed by atoms with Crippen molar-refractivity contribution >= 4 is 27.5 Å². The van der Waals surface area contributed by atoms with E-state index in [2.05, 4.69) is 5.32 Å². The Hall–Kier alpha value is -3.79. The molecule has 0 saturated heterocycles. The van der Waals surface area contributed by atoms with E-state index >= 15 is 0 Å². The minimum absolute atomic E-state index is 0.0567. The van der Waals surface area contributed by atoms with Gasteiger partial charge in [0, 0.05) is 17.6 Å². The fourth-order valence-corrected chi connectivity index (χ4v) is 5.16. The highest BCUT2D eigenvalue weighted by atomic mass is 32.2. The zero-order chi connectivity index (χ0) is 28.1. The van der Waals surface area contributed by atoms with E-state index in [4.69, 9.17) is 0 Å². The van der Waals surface area contributed by atoms with Gasteiger partial charge in [-0.2, -0.15) is 0 Å². The van der Waals surface area contributed by atoms with Gasteiger partial charge in [-0.1, -0.05) is 36.4 Å². The number of carbonyl (C=O) groups excluding carboxylic acids is 2. The Morgan fingerprint density at radius 2 is 1.47 bits per heavy atom. The molecule has 0 aliphatic heterocycles. The number of rotatable bonds is 9. The lowest BCUT2D eigenvalue weighted by Gasteiger charge is -2.33. The molecule has 3 rings (SSSR count). The highest BCUT2D eigenvalue weighted by Gasteiger charge is 2.33. The summed E-state index contributed by atoms with van der Waals surface area (Å²) < 4.78 is 56.2. The van der Waals surface area contributed by atoms with Crippen LogP contribution in [-0.2, 0) is 26.2 Å². The van der Waals surface area contributed by atoms with Crippen molar-refractivity contribution in [2.24, 2.45) is 0 Å². The van der Waals surface area contributed by atoms with E-state index in [0.29, 0.717) is 0 Å². The molecular formula is C28H31F2N3O4S. The van der Waals surface area contributed by atoms with Crippen LogP contribution < -0.4 is 9.62 Å². The van der Waals surface area contributed by atoms with Crippen molar-refractivity contribution in [3.05, 3.63) is 96.1 Å². The van der Waals surface area contributed by atoms with Crippen LogP contribution in [0.1, 0.15) is 33.3 Å². The number of hydrogen-bond donors (Lipinski definition) is 1. The van der Waals surface area contributed by atoms with Crippen molar-refractivity contribution < 1.29 is 26.8 Å². The Morgan fingerprint density at radius 3 is 2.05 bits per heavy atom. The lowest BCUT2D eigenvalue weighted by Crippen LogP contribution is -2.54. The average Bonchev–Trinajstić information content (AvgIpc) is 2.86. The summed E-state index contributed by atoms with van der Waals surface area (Å²) in [4.78, 5) is 27.8. The Balaban J connectivity index is 2.03. The number of nitrogens with zero attached hydrogens (tertiary/aromatic N) is 2. The molecule has 0 unspecified atom stereocenters. The van der Waals surface area contributed by atoms with Crippen molar-refractivity contribution in [3.63, 3.8) is 0 Å². The van der Waals surface area contributed by atoms with E-state index in [1.54, 1.807) is 45.0 Å². The summed E-state index contributed by atoms with van der Waals surface area (Å²) in [6.07, 6.45) is 0. The number of anilines is 1. The van der Waals surface area contributed by atoms with Gasteiger partial charge < -0.3 is 10.2 Å². The highest BCUT2D eigenvalue weighted by molar-refractivity contribution is 7.92. The van der Waals surface area contributed by atoms with Crippen molar-refractivity contribution in [2.45, 2.75) is 50.7 Å². The van der Waals surface area contributed by atoms with Crippen molar-refractivity contribution in [1.29, 1.82) is 0 Å². The molecule has 3 aromatic rings. The Labute approximate surface area is 222 Å². The maximum atomic E-state index is 14.5. The number of hydrogen-bond acceptors (Lipinski definition) is 4. The third-order valence-corrected chi connectivity index (χ3v) is 7.48. The molecule has 7 nitrogen and oxygen atoms in total. The van der Waals surface area contributed by atoms with Gasteiger partial charge in [-0.15, -0.1) is 0 Å². The van der Waals surface area contributed by atoms with Gasteiger partial charge in [0.05, 0.1) is 10.6 Å². The van der Waals surface area contributed by atoms with Gasteiger partial charge in [-0.3, -0.25) is 13.9 Å². The average molecular weight is 544 g/mol. The number of halogens is 2. The predicted octanol–water partition coefficient (Wildman–Crippen LogP) is 4.49. The molecule has 0 aromatic heterocycles. The maximum absolute atomic E-state index is 14.5. The SMILES string of the molecule is C[C@H](C(=O)NC(C)(C)C)N(Cc1ccccc1F)C(=O)CN(c1ccc(F)cc1)S(=O)(=O)c1ccccc1. The molecule has 0 radical (unpaired) electrons. The molecule has 1 atom stereocenters. The molecule has 0 fully saturated rings. The minimum Gasteiger partial charge on any atom is -0.350 e. The van der Waals surface area contributed by atoms with E-state index in [0.717, 1.165) is 21.3 Å². The maximum Gasteiger partial charge on any atom is 0.264 e. The van der Waals surface area contributed by atoms with Crippen LogP contribution in [0.15, 0.2) is 83.8 Å². The molecule has 0 saturated carbocycles. The third-order valence-electron chi connectivity index (χ3n) is 5.69. The molecule has 0 aliphatic carbocycles. The predicted molar refractivity (Wildman–Crippen MR) is 142 cm³/mol. The Bertz CT molecular complexity index is 1380. The normalized spacial score (nSPS) is 12.5. The molecule has 0 spiro atoms. The molecule has 0 heterocycles. The van der Waals surface area contributed by atoms with Crippen LogP contribution in [0, 0.1) is 11.6 Å². The first-order chi connectivity index (χ1) is 17.8. The number of benzene rings is 3. The van der Waals surface area contributed by atoms with E-state index < -0.39 is 51.6 Å². The van der Waals surface area contributed by atoms with Gasteiger partial charge in [0.2, 0.25) is 11.8 Å². The van der Waals surface area contributed by atoms with Gasteiger partial charge in [0.15, 0.2) is 0 Å². The molecule has 38 heavy (non-hydrogen) atoms. The van der Waals surface area contributed by atoms with E-state index in [-0.39, 0.29) is 22.7 Å². The van der Waals surface area contributed by atoms with Gasteiger partial charge in [0.1, 0.15) is 24.2 Å². The molecular weight excluding hydrogens is 512 g/mol. The number of amides is 2. The van der Waals surface area contributed by atoms with Gasteiger partial charge >= 0.3 is 0 Å². The quantitative estimate of drug-likeness (QED) is 0.431. The zero-order valence-electron chi connectivity index (χ0n) is 21.7. The summed E-state index contributed by atoms with van der Waals surface area (Å²) in [5.74, 6) is -2.37. The van der Waals surface area contributed by atoms with E-state index in [9.17, 15) is 26.8 Å². The molecule has 2 amide bonds. The first kappa shape index (κ1) is 28.8. The molecule has 1 N–H and O–H groups in total.